The predicted octanol–water partition coefficient (Wildman–Crippen LogP) is 3.41. The first-order chi connectivity index (χ1) is 15.0. The quantitative estimate of drug-likeness (QED) is 0.696. The number of aromatic nitrogens is 4. The fraction of sp³-hybridized carbons (Fsp3) is 0.364. The molecule has 9 heteroatoms. The molecule has 4 rings (SSSR count). The van der Waals surface area contributed by atoms with Crippen LogP contribution in [-0.2, 0) is 6.42 Å². The first kappa shape index (κ1) is 20.8. The van der Waals surface area contributed by atoms with Gasteiger partial charge in [-0.25, -0.2) is 9.18 Å². The Morgan fingerprint density at radius 3 is 2.81 bits per heavy atom. The summed E-state index contributed by atoms with van der Waals surface area (Å²) in [5.74, 6) is 0.315. The summed E-state index contributed by atoms with van der Waals surface area (Å²) in [6.07, 6.45) is 0.932. The second-order valence-electron chi connectivity index (χ2n) is 7.80. The van der Waals surface area contributed by atoms with Gasteiger partial charge in [-0.2, -0.15) is 4.68 Å². The largest absolute Gasteiger partial charge is 0.336 e. The summed E-state index contributed by atoms with van der Waals surface area (Å²) in [5, 5.41) is 15.1. The average Bonchev–Trinajstić information content (AvgIpc) is 3.26. The number of carbonyl (C=O) groups is 1. The Morgan fingerprint density at radius 1 is 1.23 bits per heavy atom. The van der Waals surface area contributed by atoms with E-state index in [1.807, 2.05) is 19.1 Å². The molecule has 8 nitrogen and oxygen atoms in total. The minimum absolute atomic E-state index is 0.0730. The first-order valence-corrected chi connectivity index (χ1v) is 10.4. The maximum atomic E-state index is 13.8. The Balaban J connectivity index is 1.45. The summed E-state index contributed by atoms with van der Waals surface area (Å²) in [7, 11) is 0. The molecular formula is C22H26FN7O. The number of piperazine rings is 1. The lowest BCUT2D eigenvalue weighted by molar-refractivity contribution is 0.184. The van der Waals surface area contributed by atoms with Crippen molar-refractivity contribution in [2.24, 2.45) is 0 Å². The van der Waals surface area contributed by atoms with Crippen LogP contribution < -0.4 is 10.2 Å². The SMILES string of the molecule is CCc1cccc(-n2nnnc2N2CCN(C(=O)Nc3ccc(C)c(F)c3)C(C)C2)c1. The molecule has 0 aliphatic carbocycles. The molecule has 0 saturated carbocycles. The fourth-order valence-electron chi connectivity index (χ4n) is 3.76. The maximum absolute atomic E-state index is 13.8. The van der Waals surface area contributed by atoms with Crippen molar-refractivity contribution >= 4 is 17.7 Å². The molecule has 0 spiro atoms. The number of tetrazole rings is 1. The minimum Gasteiger partial charge on any atom is -0.336 e. The van der Waals surface area contributed by atoms with Crippen molar-refractivity contribution in [1.82, 2.24) is 25.1 Å². The van der Waals surface area contributed by atoms with E-state index in [0.717, 1.165) is 12.1 Å². The zero-order chi connectivity index (χ0) is 22.0. The number of amides is 2. The smallest absolute Gasteiger partial charge is 0.322 e. The van der Waals surface area contributed by atoms with E-state index < -0.39 is 0 Å². The lowest BCUT2D eigenvalue weighted by atomic mass is 10.1. The summed E-state index contributed by atoms with van der Waals surface area (Å²) in [5.41, 5.74) is 3.11. The van der Waals surface area contributed by atoms with Crippen LogP contribution in [0.15, 0.2) is 42.5 Å². The van der Waals surface area contributed by atoms with Crippen molar-refractivity contribution in [2.45, 2.75) is 33.2 Å². The van der Waals surface area contributed by atoms with E-state index in [1.54, 1.807) is 28.6 Å². The van der Waals surface area contributed by atoms with Crippen molar-refractivity contribution in [1.29, 1.82) is 0 Å². The molecule has 31 heavy (non-hydrogen) atoms. The third kappa shape index (κ3) is 4.35. The molecule has 1 aliphatic rings. The van der Waals surface area contributed by atoms with Crippen LogP contribution in [0.5, 0.6) is 0 Å². The Labute approximate surface area is 180 Å². The Kier molecular flexibility index (Phi) is 5.83. The molecule has 2 amide bonds. The highest BCUT2D eigenvalue weighted by atomic mass is 19.1. The van der Waals surface area contributed by atoms with Crippen LogP contribution >= 0.6 is 0 Å². The molecule has 0 bridgehead atoms. The van der Waals surface area contributed by atoms with Gasteiger partial charge in [-0.1, -0.05) is 30.2 Å². The van der Waals surface area contributed by atoms with Crippen LogP contribution in [0, 0.1) is 12.7 Å². The summed E-state index contributed by atoms with van der Waals surface area (Å²) in [6, 6.07) is 12.5. The van der Waals surface area contributed by atoms with Crippen LogP contribution in [0.3, 0.4) is 0 Å². The zero-order valence-electron chi connectivity index (χ0n) is 17.9. The third-order valence-electron chi connectivity index (χ3n) is 5.61. The number of hydrogen-bond donors (Lipinski definition) is 1. The van der Waals surface area contributed by atoms with Gasteiger partial charge < -0.3 is 15.1 Å². The highest BCUT2D eigenvalue weighted by Gasteiger charge is 2.30. The molecule has 1 aliphatic heterocycles. The van der Waals surface area contributed by atoms with Gasteiger partial charge >= 0.3 is 6.03 Å². The molecule has 3 aromatic rings. The predicted molar refractivity (Wildman–Crippen MR) is 117 cm³/mol. The van der Waals surface area contributed by atoms with E-state index in [0.29, 0.717) is 36.8 Å². The third-order valence-corrected chi connectivity index (χ3v) is 5.61. The van der Waals surface area contributed by atoms with Gasteiger partial charge in [-0.15, -0.1) is 0 Å². The molecule has 1 fully saturated rings. The van der Waals surface area contributed by atoms with Gasteiger partial charge in [0.05, 0.1) is 5.69 Å². The van der Waals surface area contributed by atoms with Gasteiger partial charge in [0, 0.05) is 31.4 Å². The lowest BCUT2D eigenvalue weighted by Gasteiger charge is -2.39. The maximum Gasteiger partial charge on any atom is 0.322 e. The molecule has 2 heterocycles. The normalized spacial score (nSPS) is 16.5. The second-order valence-corrected chi connectivity index (χ2v) is 7.80. The van der Waals surface area contributed by atoms with Crippen LogP contribution in [0.2, 0.25) is 0 Å². The summed E-state index contributed by atoms with van der Waals surface area (Å²) in [6.45, 7) is 7.46. The van der Waals surface area contributed by atoms with E-state index in [-0.39, 0.29) is 17.9 Å². The van der Waals surface area contributed by atoms with Gasteiger partial charge in [0.2, 0.25) is 0 Å². The number of carbonyl (C=O) groups excluding carboxylic acids is 1. The van der Waals surface area contributed by atoms with Gasteiger partial charge in [-0.05, 0) is 66.1 Å². The van der Waals surface area contributed by atoms with Crippen molar-refractivity contribution in [3.63, 3.8) is 0 Å². The summed E-state index contributed by atoms with van der Waals surface area (Å²) >= 11 is 0. The molecular weight excluding hydrogens is 397 g/mol. The number of nitrogens with zero attached hydrogens (tertiary/aromatic N) is 6. The molecule has 1 atom stereocenters. The Hall–Kier alpha value is -3.49. The number of nitrogens with one attached hydrogen (secondary N) is 1. The number of aryl methyl sites for hydroxylation is 2. The monoisotopic (exact) mass is 423 g/mol. The summed E-state index contributed by atoms with van der Waals surface area (Å²) < 4.78 is 15.5. The van der Waals surface area contributed by atoms with E-state index in [4.69, 9.17) is 0 Å². The standard InChI is InChI=1S/C22H26FN7O/c1-4-17-6-5-7-19(12-17)30-21(25-26-27-30)28-10-11-29(16(3)14-28)22(31)24-18-9-8-15(2)20(23)13-18/h5-9,12-13,16H,4,10-11,14H2,1-3H3,(H,24,31). The van der Waals surface area contributed by atoms with Crippen molar-refractivity contribution < 1.29 is 9.18 Å². The zero-order valence-corrected chi connectivity index (χ0v) is 17.9. The van der Waals surface area contributed by atoms with E-state index in [1.165, 1.54) is 11.6 Å². The Morgan fingerprint density at radius 2 is 2.06 bits per heavy atom. The first-order valence-electron chi connectivity index (χ1n) is 10.4. The summed E-state index contributed by atoms with van der Waals surface area (Å²) in [4.78, 5) is 16.6. The number of benzene rings is 2. The average molecular weight is 423 g/mol. The van der Waals surface area contributed by atoms with Gasteiger partial charge in [0.15, 0.2) is 0 Å². The van der Waals surface area contributed by atoms with Gasteiger partial charge in [-0.3, -0.25) is 0 Å². The van der Waals surface area contributed by atoms with Crippen LogP contribution in [0.1, 0.15) is 25.0 Å². The lowest BCUT2D eigenvalue weighted by Crippen LogP contribution is -2.55. The number of hydrogen-bond acceptors (Lipinski definition) is 5. The van der Waals surface area contributed by atoms with Crippen molar-refractivity contribution in [3.8, 4) is 5.69 Å². The van der Waals surface area contributed by atoms with Gasteiger partial charge in [0.25, 0.3) is 5.95 Å². The van der Waals surface area contributed by atoms with E-state index in [2.05, 4.69) is 44.8 Å². The van der Waals surface area contributed by atoms with Crippen LogP contribution in [0.4, 0.5) is 20.8 Å². The molecule has 1 aromatic heterocycles. The molecule has 1 unspecified atom stereocenters. The molecule has 1 N–H and O–H groups in total. The van der Waals surface area contributed by atoms with E-state index >= 15 is 0 Å². The fourth-order valence-corrected chi connectivity index (χ4v) is 3.76. The molecule has 1 saturated heterocycles. The topological polar surface area (TPSA) is 79.2 Å². The molecule has 0 radical (unpaired) electrons. The Bertz CT molecular complexity index is 1080. The molecule has 162 valence electrons. The number of urea groups is 1. The van der Waals surface area contributed by atoms with Crippen LogP contribution in [0.25, 0.3) is 5.69 Å². The highest BCUT2D eigenvalue weighted by molar-refractivity contribution is 5.89. The van der Waals surface area contributed by atoms with Gasteiger partial charge in [0.1, 0.15) is 5.82 Å². The second kappa shape index (κ2) is 8.71. The number of halogens is 1. The van der Waals surface area contributed by atoms with Crippen molar-refractivity contribution in [3.05, 3.63) is 59.4 Å². The number of anilines is 2. The number of rotatable bonds is 4. The van der Waals surface area contributed by atoms with Crippen LogP contribution in [-0.4, -0.2) is 56.8 Å². The minimum atomic E-state index is -0.338. The van der Waals surface area contributed by atoms with Crippen molar-refractivity contribution in [2.75, 3.05) is 29.9 Å². The van der Waals surface area contributed by atoms with E-state index in [9.17, 15) is 9.18 Å². The highest BCUT2D eigenvalue weighted by Crippen LogP contribution is 2.21. The molecule has 2 aromatic carbocycles.